The molecule has 0 bridgehead atoms. The number of nitrogens with zero attached hydrogens (tertiary/aromatic N) is 2. The van der Waals surface area contributed by atoms with Crippen molar-refractivity contribution in [1.29, 1.82) is 0 Å². The Balaban J connectivity index is 1.60. The number of aromatic nitrogens is 2. The van der Waals surface area contributed by atoms with Crippen molar-refractivity contribution in [3.05, 3.63) is 53.4 Å². The Kier molecular flexibility index (Phi) is 4.29. The third-order valence-corrected chi connectivity index (χ3v) is 4.21. The highest BCUT2D eigenvalue weighted by molar-refractivity contribution is 5.62. The van der Waals surface area contributed by atoms with E-state index in [-0.39, 0.29) is 0 Å². The lowest BCUT2D eigenvalue weighted by Gasteiger charge is -2.24. The molecule has 0 amide bonds. The van der Waals surface area contributed by atoms with Crippen molar-refractivity contribution >= 4 is 6.08 Å². The normalized spacial score (nSPS) is 16.4. The van der Waals surface area contributed by atoms with Gasteiger partial charge in [0.15, 0.2) is 0 Å². The fourth-order valence-electron chi connectivity index (χ4n) is 2.61. The van der Waals surface area contributed by atoms with E-state index in [2.05, 4.69) is 49.5 Å². The van der Waals surface area contributed by atoms with Crippen molar-refractivity contribution in [2.45, 2.75) is 32.9 Å². The molecule has 4 heteroatoms. The maximum Gasteiger partial charge on any atom is 0.127 e. The molecule has 0 unspecified atom stereocenters. The van der Waals surface area contributed by atoms with Crippen molar-refractivity contribution in [3.63, 3.8) is 0 Å². The number of hydrogen-bond donors (Lipinski definition) is 1. The number of nitrogens with one attached hydrogen (secondary N) is 1. The minimum atomic E-state index is 0.311. The predicted octanol–water partition coefficient (Wildman–Crippen LogP) is 3.21. The van der Waals surface area contributed by atoms with Crippen molar-refractivity contribution in [1.82, 2.24) is 15.1 Å². The van der Waals surface area contributed by atoms with Crippen molar-refractivity contribution < 1.29 is 4.74 Å². The number of benzene rings is 1. The lowest BCUT2D eigenvalue weighted by Crippen LogP contribution is -2.36. The van der Waals surface area contributed by atoms with Crippen LogP contribution in [0, 0.1) is 6.92 Å². The summed E-state index contributed by atoms with van der Waals surface area (Å²) < 4.78 is 7.81. The van der Waals surface area contributed by atoms with Gasteiger partial charge in [-0.25, -0.2) is 0 Å². The molecule has 0 fully saturated rings. The van der Waals surface area contributed by atoms with Gasteiger partial charge in [-0.3, -0.25) is 4.68 Å². The highest BCUT2D eigenvalue weighted by Crippen LogP contribution is 2.25. The van der Waals surface area contributed by atoms with E-state index in [4.69, 9.17) is 4.74 Å². The molecular formula is C18H23N3O. The lowest BCUT2D eigenvalue weighted by atomic mass is 10.1. The van der Waals surface area contributed by atoms with E-state index in [0.717, 1.165) is 17.9 Å². The first-order valence-electron chi connectivity index (χ1n) is 7.79. The van der Waals surface area contributed by atoms with E-state index < -0.39 is 0 Å². The summed E-state index contributed by atoms with van der Waals surface area (Å²) in [4.78, 5) is 0. The topological polar surface area (TPSA) is 39.1 Å². The number of aryl methyl sites for hydroxylation is 1. The average Bonchev–Trinajstić information content (AvgIpc) is 2.98. The molecule has 116 valence electrons. The summed E-state index contributed by atoms with van der Waals surface area (Å²) in [5.74, 6) is 0.972. The summed E-state index contributed by atoms with van der Waals surface area (Å²) >= 11 is 0. The fraction of sp³-hybridized carbons (Fsp3) is 0.389. The van der Waals surface area contributed by atoms with Gasteiger partial charge in [-0.2, -0.15) is 5.10 Å². The van der Waals surface area contributed by atoms with Crippen LogP contribution in [0.15, 0.2) is 42.2 Å². The number of para-hydroxylation sites is 1. The van der Waals surface area contributed by atoms with E-state index in [9.17, 15) is 0 Å². The molecule has 1 aromatic heterocycles. The van der Waals surface area contributed by atoms with Crippen LogP contribution in [0.25, 0.3) is 6.08 Å². The first-order valence-corrected chi connectivity index (χ1v) is 7.79. The molecule has 2 atom stereocenters. The molecule has 0 saturated carbocycles. The molecule has 1 aliphatic heterocycles. The van der Waals surface area contributed by atoms with Gasteiger partial charge >= 0.3 is 0 Å². The van der Waals surface area contributed by atoms with Gasteiger partial charge in [0.25, 0.3) is 0 Å². The molecule has 0 aliphatic carbocycles. The Bertz CT molecular complexity index is 674. The maximum atomic E-state index is 5.79. The van der Waals surface area contributed by atoms with Gasteiger partial charge < -0.3 is 10.1 Å². The zero-order valence-corrected chi connectivity index (χ0v) is 13.4. The van der Waals surface area contributed by atoms with Gasteiger partial charge in [0.05, 0.1) is 12.2 Å². The Labute approximate surface area is 131 Å². The molecule has 1 aromatic carbocycles. The molecule has 1 N–H and O–H groups in total. The van der Waals surface area contributed by atoms with E-state index >= 15 is 0 Å². The Morgan fingerprint density at radius 3 is 2.91 bits per heavy atom. The summed E-state index contributed by atoms with van der Waals surface area (Å²) in [6.45, 7) is 7.94. The number of fused-ring (bicyclic) bond motifs is 1. The average molecular weight is 297 g/mol. The van der Waals surface area contributed by atoms with E-state index in [0.29, 0.717) is 18.7 Å². The van der Waals surface area contributed by atoms with Gasteiger partial charge in [0, 0.05) is 24.3 Å². The summed E-state index contributed by atoms with van der Waals surface area (Å²) in [6, 6.07) is 8.79. The molecular weight excluding hydrogens is 274 g/mol. The van der Waals surface area contributed by atoms with E-state index in [1.54, 1.807) is 0 Å². The highest BCUT2D eigenvalue weighted by Gasteiger charge is 2.16. The quantitative estimate of drug-likeness (QED) is 0.921. The molecule has 1 aliphatic rings. The zero-order chi connectivity index (χ0) is 15.5. The molecule has 0 saturated heterocycles. The summed E-state index contributed by atoms with van der Waals surface area (Å²) in [5, 5.41) is 7.98. The van der Waals surface area contributed by atoms with Gasteiger partial charge in [-0.05, 0) is 44.1 Å². The Morgan fingerprint density at radius 1 is 1.32 bits per heavy atom. The van der Waals surface area contributed by atoms with Crippen LogP contribution in [-0.4, -0.2) is 29.0 Å². The number of ether oxygens (including phenoxy) is 1. The zero-order valence-electron chi connectivity index (χ0n) is 13.4. The second kappa shape index (κ2) is 6.36. The van der Waals surface area contributed by atoms with Crippen molar-refractivity contribution in [2.24, 2.45) is 0 Å². The van der Waals surface area contributed by atoms with E-state index in [1.165, 1.54) is 11.1 Å². The Hall–Kier alpha value is -2.07. The van der Waals surface area contributed by atoms with Crippen LogP contribution in [-0.2, 0) is 0 Å². The van der Waals surface area contributed by atoms with Crippen molar-refractivity contribution in [2.75, 3.05) is 13.2 Å². The second-order valence-corrected chi connectivity index (χ2v) is 6.04. The molecule has 0 spiro atoms. The SMILES string of the molecule is Cc1cnn([C@@H](C)[C@H](C)NCC2=Cc3ccccc3OC2)c1. The molecule has 3 rings (SSSR count). The molecule has 0 radical (unpaired) electrons. The summed E-state index contributed by atoms with van der Waals surface area (Å²) in [5.41, 5.74) is 3.63. The van der Waals surface area contributed by atoms with Gasteiger partial charge in [-0.1, -0.05) is 18.2 Å². The minimum absolute atomic E-state index is 0.311. The largest absolute Gasteiger partial charge is 0.489 e. The number of rotatable bonds is 5. The highest BCUT2D eigenvalue weighted by atomic mass is 16.5. The third kappa shape index (κ3) is 3.22. The van der Waals surface area contributed by atoms with Crippen LogP contribution in [0.2, 0.25) is 0 Å². The first kappa shape index (κ1) is 14.9. The van der Waals surface area contributed by atoms with E-state index in [1.807, 2.05) is 29.1 Å². The van der Waals surface area contributed by atoms with Crippen LogP contribution in [0.4, 0.5) is 0 Å². The van der Waals surface area contributed by atoms with Gasteiger partial charge in [0.1, 0.15) is 12.4 Å². The summed E-state index contributed by atoms with van der Waals surface area (Å²) in [7, 11) is 0. The smallest absolute Gasteiger partial charge is 0.127 e. The molecule has 2 heterocycles. The van der Waals surface area contributed by atoms with Gasteiger partial charge in [0.2, 0.25) is 0 Å². The van der Waals surface area contributed by atoms with Crippen LogP contribution < -0.4 is 10.1 Å². The van der Waals surface area contributed by atoms with Gasteiger partial charge in [-0.15, -0.1) is 0 Å². The third-order valence-electron chi connectivity index (χ3n) is 4.21. The monoisotopic (exact) mass is 297 g/mol. The number of hydrogen-bond acceptors (Lipinski definition) is 3. The summed E-state index contributed by atoms with van der Waals surface area (Å²) in [6.07, 6.45) is 6.21. The Morgan fingerprint density at radius 2 is 2.14 bits per heavy atom. The molecule has 4 nitrogen and oxygen atoms in total. The second-order valence-electron chi connectivity index (χ2n) is 6.04. The van der Waals surface area contributed by atoms with Crippen LogP contribution in [0.1, 0.15) is 31.0 Å². The fourth-order valence-corrected chi connectivity index (χ4v) is 2.61. The molecule has 22 heavy (non-hydrogen) atoms. The van der Waals surface area contributed by atoms with Crippen molar-refractivity contribution in [3.8, 4) is 5.75 Å². The molecule has 2 aromatic rings. The van der Waals surface area contributed by atoms with Crippen LogP contribution >= 0.6 is 0 Å². The van der Waals surface area contributed by atoms with Crippen LogP contribution in [0.5, 0.6) is 5.75 Å². The lowest BCUT2D eigenvalue weighted by molar-refractivity contribution is 0.332. The van der Waals surface area contributed by atoms with Crippen LogP contribution in [0.3, 0.4) is 0 Å². The maximum absolute atomic E-state index is 5.79. The first-order chi connectivity index (χ1) is 10.6. The predicted molar refractivity (Wildman–Crippen MR) is 89.1 cm³/mol. The standard InChI is InChI=1S/C18H23N3O/c1-13-9-20-21(11-13)15(3)14(2)19-10-16-8-17-6-4-5-7-18(17)22-12-16/h4-9,11,14-15,19H,10,12H2,1-3H3/t14-,15-/m0/s1. The minimum Gasteiger partial charge on any atom is -0.489 e.